The highest BCUT2D eigenvalue weighted by atomic mass is 79.9. The van der Waals surface area contributed by atoms with Crippen LogP contribution in [0.2, 0.25) is 0 Å². The molecule has 0 saturated heterocycles. The van der Waals surface area contributed by atoms with Gasteiger partial charge in [0.2, 0.25) is 11.8 Å². The van der Waals surface area contributed by atoms with Gasteiger partial charge < -0.3 is 24.3 Å². The molecule has 1 aliphatic carbocycles. The fraction of sp³-hybridized carbons (Fsp3) is 0.455. The summed E-state index contributed by atoms with van der Waals surface area (Å²) in [6.07, 6.45) is 3.18. The van der Waals surface area contributed by atoms with Gasteiger partial charge in [0.05, 0.1) is 27.2 Å². The molecule has 12 nitrogen and oxygen atoms in total. The van der Waals surface area contributed by atoms with Crippen LogP contribution in [0.3, 0.4) is 0 Å². The van der Waals surface area contributed by atoms with Crippen molar-refractivity contribution in [2.24, 2.45) is 5.92 Å². The predicted octanol–water partition coefficient (Wildman–Crippen LogP) is 3.83. The lowest BCUT2D eigenvalue weighted by Crippen LogP contribution is -2.37. The van der Waals surface area contributed by atoms with Crippen molar-refractivity contribution in [3.8, 4) is 11.6 Å². The first-order valence-electron chi connectivity index (χ1n) is 11.2. The monoisotopic (exact) mass is 582 g/mol. The summed E-state index contributed by atoms with van der Waals surface area (Å²) >= 11 is 3.37. The number of imidazole rings is 1. The SMILES string of the molecule is COC(=O)[C@H](C)N(C)P(=O)(OC[C@H]1C[C@@H](n2cnc3c(OC)nc(N)nc32)C1)Oc1ccc(Br)cc1. The Bertz CT molecular complexity index is 1280. The van der Waals surface area contributed by atoms with Gasteiger partial charge in [-0.3, -0.25) is 9.32 Å². The van der Waals surface area contributed by atoms with Crippen LogP contribution in [-0.2, 0) is 18.6 Å². The Labute approximate surface area is 216 Å². The lowest BCUT2D eigenvalue weighted by molar-refractivity contribution is -0.144. The number of rotatable bonds is 10. The number of methoxy groups -OCH3 is 2. The molecule has 2 atom stereocenters. The summed E-state index contributed by atoms with van der Waals surface area (Å²) in [7, 11) is 0.396. The number of nitrogens with two attached hydrogens (primary N) is 1. The van der Waals surface area contributed by atoms with Crippen molar-refractivity contribution in [3.63, 3.8) is 0 Å². The fourth-order valence-corrected chi connectivity index (χ4v) is 5.86. The Morgan fingerprint density at radius 3 is 2.61 bits per heavy atom. The third-order valence-corrected chi connectivity index (χ3v) is 8.77. The standard InChI is InChI=1S/C22H28BrN6O6P/c1-13(21(30)33-4)28(2)36(31,35-17-7-5-15(23)6-8-17)34-11-14-9-16(10-14)29-12-25-18-19(29)26-22(24)27-20(18)32-3/h5-8,12-14,16H,9-11H2,1-4H3,(H2,24,26,27)/t13-,14-,16+,36?/m0/s1. The van der Waals surface area contributed by atoms with Crippen LogP contribution in [0.15, 0.2) is 35.1 Å². The lowest BCUT2D eigenvalue weighted by Gasteiger charge is -2.37. The molecule has 14 heteroatoms. The molecule has 1 unspecified atom stereocenters. The van der Waals surface area contributed by atoms with E-state index in [1.807, 2.05) is 4.57 Å². The molecular formula is C22H28BrN6O6P. The van der Waals surface area contributed by atoms with Crippen molar-refractivity contribution in [2.75, 3.05) is 33.6 Å². The quantitative estimate of drug-likeness (QED) is 0.275. The van der Waals surface area contributed by atoms with Crippen LogP contribution in [0, 0.1) is 5.92 Å². The van der Waals surface area contributed by atoms with Gasteiger partial charge in [0.15, 0.2) is 11.2 Å². The maximum absolute atomic E-state index is 13.9. The van der Waals surface area contributed by atoms with Crippen molar-refractivity contribution in [1.82, 2.24) is 24.2 Å². The van der Waals surface area contributed by atoms with E-state index in [1.54, 1.807) is 37.5 Å². The Kier molecular flexibility index (Phi) is 7.84. The minimum absolute atomic E-state index is 0.106. The zero-order chi connectivity index (χ0) is 26.0. The van der Waals surface area contributed by atoms with Gasteiger partial charge in [-0.15, -0.1) is 0 Å². The Balaban J connectivity index is 1.46. The number of nitrogen functional groups attached to an aromatic ring is 1. The number of fused-ring (bicyclic) bond motifs is 1. The van der Waals surface area contributed by atoms with E-state index in [4.69, 9.17) is 24.3 Å². The molecule has 1 fully saturated rings. The molecule has 0 amide bonds. The lowest BCUT2D eigenvalue weighted by atomic mass is 9.81. The van der Waals surface area contributed by atoms with E-state index >= 15 is 0 Å². The zero-order valence-corrected chi connectivity index (χ0v) is 22.8. The average molecular weight is 583 g/mol. The highest BCUT2D eigenvalue weighted by Gasteiger charge is 2.41. The van der Waals surface area contributed by atoms with Crippen molar-refractivity contribution >= 4 is 46.8 Å². The Hall–Kier alpha value is -2.73. The number of halogens is 1. The van der Waals surface area contributed by atoms with Crippen LogP contribution in [0.1, 0.15) is 25.8 Å². The molecule has 1 aliphatic rings. The van der Waals surface area contributed by atoms with Gasteiger partial charge in [-0.25, -0.2) is 9.55 Å². The minimum Gasteiger partial charge on any atom is -0.479 e. The second-order valence-corrected chi connectivity index (χ2v) is 11.4. The normalized spacial score (nSPS) is 19.9. The molecule has 1 saturated carbocycles. The molecular weight excluding hydrogens is 555 g/mol. The summed E-state index contributed by atoms with van der Waals surface area (Å²) in [5.74, 6) is 0.344. The number of hydrogen-bond donors (Lipinski definition) is 1. The number of benzene rings is 1. The molecule has 194 valence electrons. The molecule has 3 aromatic rings. The third-order valence-electron chi connectivity index (χ3n) is 6.20. The number of nitrogens with zero attached hydrogens (tertiary/aromatic N) is 5. The summed E-state index contributed by atoms with van der Waals surface area (Å²) < 4.78 is 39.7. The van der Waals surface area contributed by atoms with Crippen molar-refractivity contribution < 1.29 is 27.9 Å². The molecule has 36 heavy (non-hydrogen) atoms. The number of carbonyl (C=O) groups is 1. The Morgan fingerprint density at radius 2 is 1.97 bits per heavy atom. The van der Waals surface area contributed by atoms with E-state index in [2.05, 4.69) is 30.9 Å². The number of hydrogen-bond acceptors (Lipinski definition) is 10. The van der Waals surface area contributed by atoms with E-state index in [9.17, 15) is 9.36 Å². The summed E-state index contributed by atoms with van der Waals surface area (Å²) in [6.45, 7) is 1.76. The van der Waals surface area contributed by atoms with Gasteiger partial charge in [-0.1, -0.05) is 15.9 Å². The number of ether oxygens (including phenoxy) is 2. The highest BCUT2D eigenvalue weighted by molar-refractivity contribution is 9.10. The number of likely N-dealkylation sites (N-methyl/N-ethyl adjacent to an activating group) is 1. The number of anilines is 1. The largest absolute Gasteiger partial charge is 0.479 e. The molecule has 2 aromatic heterocycles. The van der Waals surface area contributed by atoms with Crippen LogP contribution in [-0.4, -0.2) is 64.1 Å². The van der Waals surface area contributed by atoms with Crippen LogP contribution >= 0.6 is 23.7 Å². The predicted molar refractivity (Wildman–Crippen MR) is 136 cm³/mol. The van der Waals surface area contributed by atoms with Gasteiger partial charge in [-0.05, 0) is 57.0 Å². The fourth-order valence-electron chi connectivity index (χ4n) is 3.93. The number of carbonyl (C=O) groups excluding carboxylic acids is 1. The van der Waals surface area contributed by atoms with E-state index in [1.165, 1.54) is 25.9 Å². The number of esters is 1. The van der Waals surface area contributed by atoms with Gasteiger partial charge >= 0.3 is 13.7 Å². The second kappa shape index (κ2) is 10.7. The molecule has 0 aliphatic heterocycles. The number of aromatic nitrogens is 4. The molecule has 2 heterocycles. The zero-order valence-electron chi connectivity index (χ0n) is 20.3. The molecule has 0 bridgehead atoms. The smallest absolute Gasteiger partial charge is 0.461 e. The summed E-state index contributed by atoms with van der Waals surface area (Å²) in [5, 5.41) is 0. The van der Waals surface area contributed by atoms with Crippen LogP contribution in [0.5, 0.6) is 11.6 Å². The topological polar surface area (TPSA) is 144 Å². The first-order chi connectivity index (χ1) is 17.1. The molecule has 2 N–H and O–H groups in total. The van der Waals surface area contributed by atoms with E-state index in [-0.39, 0.29) is 24.5 Å². The van der Waals surface area contributed by atoms with Gasteiger partial charge in [0.1, 0.15) is 11.8 Å². The first-order valence-corrected chi connectivity index (χ1v) is 13.5. The van der Waals surface area contributed by atoms with E-state index < -0.39 is 19.8 Å². The summed E-state index contributed by atoms with van der Waals surface area (Å²) in [6, 6.07) is 6.13. The maximum Gasteiger partial charge on any atom is 0.461 e. The van der Waals surface area contributed by atoms with Gasteiger partial charge in [-0.2, -0.15) is 14.6 Å². The maximum atomic E-state index is 13.9. The highest BCUT2D eigenvalue weighted by Crippen LogP contribution is 2.54. The molecule has 1 aromatic carbocycles. The molecule has 4 rings (SSSR count). The average Bonchev–Trinajstić information content (AvgIpc) is 3.25. The van der Waals surface area contributed by atoms with Gasteiger partial charge in [0, 0.05) is 10.5 Å². The summed E-state index contributed by atoms with van der Waals surface area (Å²) in [5.41, 5.74) is 6.95. The second-order valence-electron chi connectivity index (χ2n) is 8.49. The van der Waals surface area contributed by atoms with E-state index in [0.29, 0.717) is 22.8 Å². The Morgan fingerprint density at radius 1 is 1.28 bits per heavy atom. The van der Waals surface area contributed by atoms with Crippen molar-refractivity contribution in [2.45, 2.75) is 31.8 Å². The molecule has 0 radical (unpaired) electrons. The van der Waals surface area contributed by atoms with Crippen LogP contribution in [0.4, 0.5) is 5.95 Å². The van der Waals surface area contributed by atoms with Gasteiger partial charge in [0.25, 0.3) is 0 Å². The first kappa shape index (κ1) is 26.3. The van der Waals surface area contributed by atoms with Crippen LogP contribution in [0.25, 0.3) is 11.2 Å². The minimum atomic E-state index is -3.90. The van der Waals surface area contributed by atoms with E-state index in [0.717, 1.165) is 17.3 Å². The van der Waals surface area contributed by atoms with Crippen LogP contribution < -0.4 is 15.0 Å². The van der Waals surface area contributed by atoms with Crippen molar-refractivity contribution in [1.29, 1.82) is 0 Å². The summed E-state index contributed by atoms with van der Waals surface area (Å²) in [4.78, 5) is 24.9. The van der Waals surface area contributed by atoms with Crippen molar-refractivity contribution in [3.05, 3.63) is 35.1 Å². The molecule has 0 spiro atoms. The third kappa shape index (κ3) is 5.34.